The summed E-state index contributed by atoms with van der Waals surface area (Å²) >= 11 is 0. The molecule has 6 heteroatoms. The Bertz CT molecular complexity index is 618. The van der Waals surface area contributed by atoms with Crippen LogP contribution in [-0.2, 0) is 4.74 Å². The molecule has 0 spiro atoms. The van der Waals surface area contributed by atoms with Gasteiger partial charge in [0.05, 0.1) is 24.1 Å². The van der Waals surface area contributed by atoms with Gasteiger partial charge in [0.25, 0.3) is 5.91 Å². The van der Waals surface area contributed by atoms with Gasteiger partial charge in [-0.3, -0.25) is 9.89 Å². The molecule has 6 nitrogen and oxygen atoms in total. The van der Waals surface area contributed by atoms with E-state index in [4.69, 9.17) is 4.74 Å². The van der Waals surface area contributed by atoms with Gasteiger partial charge < -0.3 is 15.2 Å². The van der Waals surface area contributed by atoms with Crippen LogP contribution in [0, 0.1) is 0 Å². The van der Waals surface area contributed by atoms with Crippen molar-refractivity contribution in [3.05, 3.63) is 42.1 Å². The maximum Gasteiger partial charge on any atom is 0.255 e. The van der Waals surface area contributed by atoms with Crippen LogP contribution in [-0.4, -0.2) is 46.6 Å². The third-order valence-electron chi connectivity index (χ3n) is 3.61. The second-order valence-corrected chi connectivity index (χ2v) is 5.23. The fourth-order valence-electron chi connectivity index (χ4n) is 2.36. The van der Waals surface area contributed by atoms with Gasteiger partial charge in [0.2, 0.25) is 0 Å². The largest absolute Gasteiger partial charge is 0.386 e. The predicted molar refractivity (Wildman–Crippen MR) is 76.7 cm³/mol. The van der Waals surface area contributed by atoms with Crippen LogP contribution in [0.15, 0.2) is 36.5 Å². The lowest BCUT2D eigenvalue weighted by atomic mass is 10.0. The molecule has 2 heterocycles. The average Bonchev–Trinajstić information content (AvgIpc) is 3.15. The number of aromatic amines is 1. The number of hydrogen-bond acceptors (Lipinski definition) is 4. The Balaban J connectivity index is 1.72. The summed E-state index contributed by atoms with van der Waals surface area (Å²) in [6.45, 7) is 0.947. The zero-order valence-electron chi connectivity index (χ0n) is 11.5. The maximum atomic E-state index is 12.3. The van der Waals surface area contributed by atoms with Crippen molar-refractivity contribution >= 4 is 5.91 Å². The van der Waals surface area contributed by atoms with Crippen molar-refractivity contribution in [2.45, 2.75) is 12.0 Å². The second kappa shape index (κ2) is 5.67. The lowest BCUT2D eigenvalue weighted by molar-refractivity contribution is 0.0265. The molecule has 1 aromatic carbocycles. The first kappa shape index (κ1) is 13.8. The highest BCUT2D eigenvalue weighted by Crippen LogP contribution is 2.21. The van der Waals surface area contributed by atoms with Crippen LogP contribution in [0.4, 0.5) is 0 Å². The van der Waals surface area contributed by atoms with E-state index in [1.54, 1.807) is 0 Å². The van der Waals surface area contributed by atoms with E-state index < -0.39 is 5.60 Å². The minimum atomic E-state index is -0.966. The van der Waals surface area contributed by atoms with E-state index in [0.717, 1.165) is 5.56 Å². The third-order valence-corrected chi connectivity index (χ3v) is 3.61. The summed E-state index contributed by atoms with van der Waals surface area (Å²) in [6.07, 6.45) is 2.02. The molecule has 1 fully saturated rings. The van der Waals surface area contributed by atoms with E-state index in [-0.39, 0.29) is 19.1 Å². The van der Waals surface area contributed by atoms with Crippen molar-refractivity contribution < 1.29 is 14.6 Å². The van der Waals surface area contributed by atoms with Crippen molar-refractivity contribution in [1.29, 1.82) is 0 Å². The summed E-state index contributed by atoms with van der Waals surface area (Å²) < 4.78 is 5.16. The van der Waals surface area contributed by atoms with Gasteiger partial charge in [0.1, 0.15) is 5.60 Å². The number of aromatic nitrogens is 2. The smallest absolute Gasteiger partial charge is 0.255 e. The minimum absolute atomic E-state index is 0.172. The molecule has 0 bridgehead atoms. The molecule has 1 saturated heterocycles. The van der Waals surface area contributed by atoms with Crippen molar-refractivity contribution in [2.75, 3.05) is 19.8 Å². The summed E-state index contributed by atoms with van der Waals surface area (Å²) in [5.74, 6) is -0.261. The molecule has 3 rings (SSSR count). The molecule has 0 saturated carbocycles. The molecule has 1 aliphatic heterocycles. The highest BCUT2D eigenvalue weighted by molar-refractivity contribution is 5.99. The zero-order chi connectivity index (χ0) is 14.7. The topological polar surface area (TPSA) is 87.2 Å². The van der Waals surface area contributed by atoms with Crippen LogP contribution in [0.5, 0.6) is 0 Å². The monoisotopic (exact) mass is 287 g/mol. The molecule has 21 heavy (non-hydrogen) atoms. The van der Waals surface area contributed by atoms with Crippen LogP contribution in [0.1, 0.15) is 16.8 Å². The number of nitrogens with one attached hydrogen (secondary N) is 2. The van der Waals surface area contributed by atoms with Gasteiger partial charge in [-0.1, -0.05) is 30.3 Å². The number of ether oxygens (including phenoxy) is 1. The summed E-state index contributed by atoms with van der Waals surface area (Å²) in [4.78, 5) is 12.3. The molecule has 0 radical (unpaired) electrons. The fourth-order valence-corrected chi connectivity index (χ4v) is 2.36. The van der Waals surface area contributed by atoms with Crippen molar-refractivity contribution in [3.8, 4) is 11.3 Å². The number of rotatable bonds is 4. The quantitative estimate of drug-likeness (QED) is 0.781. The van der Waals surface area contributed by atoms with Gasteiger partial charge in [-0.15, -0.1) is 0 Å². The summed E-state index contributed by atoms with van der Waals surface area (Å²) in [7, 11) is 0. The Morgan fingerprint density at radius 1 is 1.43 bits per heavy atom. The lowest BCUT2D eigenvalue weighted by Crippen LogP contribution is -2.43. The van der Waals surface area contributed by atoms with Crippen LogP contribution >= 0.6 is 0 Å². The molecule has 0 aliphatic carbocycles. The fraction of sp³-hybridized carbons (Fsp3) is 0.333. The Hall–Kier alpha value is -2.18. The molecule has 1 unspecified atom stereocenters. The molecule has 2 aromatic rings. The zero-order valence-corrected chi connectivity index (χ0v) is 11.5. The number of nitrogens with zero attached hydrogens (tertiary/aromatic N) is 1. The van der Waals surface area contributed by atoms with Gasteiger partial charge in [-0.05, 0) is 0 Å². The van der Waals surface area contributed by atoms with E-state index in [1.807, 2.05) is 30.3 Å². The first-order valence-electron chi connectivity index (χ1n) is 6.85. The first-order chi connectivity index (χ1) is 10.2. The average molecular weight is 287 g/mol. The van der Waals surface area contributed by atoms with Gasteiger partial charge in [-0.25, -0.2) is 0 Å². The highest BCUT2D eigenvalue weighted by atomic mass is 16.5. The normalized spacial score (nSPS) is 21.4. The molecule has 110 valence electrons. The number of H-pyrrole nitrogens is 1. The Kier molecular flexibility index (Phi) is 3.72. The Morgan fingerprint density at radius 3 is 2.95 bits per heavy atom. The van der Waals surface area contributed by atoms with E-state index in [2.05, 4.69) is 15.5 Å². The van der Waals surface area contributed by atoms with Crippen LogP contribution in [0.3, 0.4) is 0 Å². The number of amides is 1. The number of benzene rings is 1. The number of aliphatic hydroxyl groups is 1. The van der Waals surface area contributed by atoms with Crippen LogP contribution < -0.4 is 5.32 Å². The molecular formula is C15H17N3O3. The van der Waals surface area contributed by atoms with Crippen LogP contribution in [0.2, 0.25) is 0 Å². The third kappa shape index (κ3) is 2.96. The van der Waals surface area contributed by atoms with Crippen molar-refractivity contribution in [1.82, 2.24) is 15.5 Å². The molecular weight excluding hydrogens is 270 g/mol. The number of hydrogen-bond donors (Lipinski definition) is 3. The lowest BCUT2D eigenvalue weighted by Gasteiger charge is -2.20. The predicted octanol–water partition coefficient (Wildman–Crippen LogP) is 0.958. The number of carbonyl (C=O) groups excluding carboxylic acids is 1. The van der Waals surface area contributed by atoms with E-state index in [0.29, 0.717) is 24.3 Å². The Labute approximate surface area is 122 Å². The molecule has 1 aromatic heterocycles. The van der Waals surface area contributed by atoms with Crippen molar-refractivity contribution in [3.63, 3.8) is 0 Å². The second-order valence-electron chi connectivity index (χ2n) is 5.23. The van der Waals surface area contributed by atoms with Gasteiger partial charge in [0, 0.05) is 25.1 Å². The van der Waals surface area contributed by atoms with Gasteiger partial charge in [-0.2, -0.15) is 5.10 Å². The Morgan fingerprint density at radius 2 is 2.24 bits per heavy atom. The molecule has 1 aliphatic rings. The van der Waals surface area contributed by atoms with E-state index >= 15 is 0 Å². The highest BCUT2D eigenvalue weighted by Gasteiger charge is 2.32. The van der Waals surface area contributed by atoms with E-state index in [1.165, 1.54) is 6.20 Å². The molecule has 3 N–H and O–H groups in total. The maximum absolute atomic E-state index is 12.3. The van der Waals surface area contributed by atoms with Crippen LogP contribution in [0.25, 0.3) is 11.3 Å². The van der Waals surface area contributed by atoms with Gasteiger partial charge in [0.15, 0.2) is 0 Å². The summed E-state index contributed by atoms with van der Waals surface area (Å²) in [5, 5.41) is 19.7. The van der Waals surface area contributed by atoms with Gasteiger partial charge >= 0.3 is 0 Å². The molecule has 1 amide bonds. The minimum Gasteiger partial charge on any atom is -0.386 e. The summed E-state index contributed by atoms with van der Waals surface area (Å²) in [6, 6.07) is 9.52. The standard InChI is InChI=1S/C15H17N3O3/c19-14(16-9-15(20)6-7-21-10-15)12-8-17-18-13(12)11-4-2-1-3-5-11/h1-5,8,20H,6-7,9-10H2,(H,16,19)(H,17,18). The first-order valence-corrected chi connectivity index (χ1v) is 6.85. The van der Waals surface area contributed by atoms with E-state index in [9.17, 15) is 9.90 Å². The SMILES string of the molecule is O=C(NCC1(O)CCOC1)c1cn[nH]c1-c1ccccc1. The summed E-state index contributed by atoms with van der Waals surface area (Å²) in [5.41, 5.74) is 1.06. The number of carbonyl (C=O) groups is 1. The molecule has 1 atom stereocenters. The van der Waals surface area contributed by atoms with Crippen molar-refractivity contribution in [2.24, 2.45) is 0 Å².